The Bertz CT molecular complexity index is 889. The number of fused-ring (bicyclic) bond motifs is 1. The predicted octanol–water partition coefficient (Wildman–Crippen LogP) is 6.03. The minimum absolute atomic E-state index is 0.171. The number of halogens is 1. The average Bonchev–Trinajstić information content (AvgIpc) is 2.97. The van der Waals surface area contributed by atoms with Crippen molar-refractivity contribution in [3.63, 3.8) is 0 Å². The zero-order valence-corrected chi connectivity index (χ0v) is 17.5. The first kappa shape index (κ1) is 21.2. The number of ketones is 1. The fourth-order valence-corrected chi connectivity index (χ4v) is 3.53. The second-order valence-corrected chi connectivity index (χ2v) is 7.11. The van der Waals surface area contributed by atoms with Gasteiger partial charge >= 0.3 is 0 Å². The van der Waals surface area contributed by atoms with E-state index >= 15 is 0 Å². The molecule has 2 rings (SSSR count). The molecule has 2 aromatic rings. The summed E-state index contributed by atoms with van der Waals surface area (Å²) in [4.78, 5) is 15.3. The van der Waals surface area contributed by atoms with Crippen LogP contribution < -0.4 is 0 Å². The molecule has 1 aromatic heterocycles. The van der Waals surface area contributed by atoms with E-state index in [0.29, 0.717) is 11.6 Å². The second kappa shape index (κ2) is 9.72. The Morgan fingerprint density at radius 2 is 1.96 bits per heavy atom. The number of para-hydroxylation sites is 1. The molecule has 4 heteroatoms. The van der Waals surface area contributed by atoms with Gasteiger partial charge in [0.15, 0.2) is 5.78 Å². The summed E-state index contributed by atoms with van der Waals surface area (Å²) in [5, 5.41) is 1.58. The fraction of sp³-hybridized carbons (Fsp3) is 0.348. The molecule has 1 heterocycles. The first-order valence-electron chi connectivity index (χ1n) is 9.47. The van der Waals surface area contributed by atoms with E-state index in [0.717, 1.165) is 47.4 Å². The monoisotopic (exact) mass is 384 g/mol. The van der Waals surface area contributed by atoms with Crippen molar-refractivity contribution in [2.45, 2.75) is 34.1 Å². The molecular weight excluding hydrogens is 356 g/mol. The first-order chi connectivity index (χ1) is 12.9. The smallest absolute Gasteiger partial charge is 0.179 e. The lowest BCUT2D eigenvalue weighted by atomic mass is 10.1. The topological polar surface area (TPSA) is 25.2 Å². The highest BCUT2D eigenvalue weighted by Crippen LogP contribution is 2.29. The standard InChI is InChI=1S/C23H29ClN2O/c1-6-15-25(8-3)16-22(27)23-18(5)26(17(4)13-14-19(24)7-2)21-12-10-9-11-20(21)23/h7,9-14H,2,6,8,15-16H2,1,3-5H3/b17-13+,19-14+. The van der Waals surface area contributed by atoms with Crippen LogP contribution in [0.2, 0.25) is 0 Å². The number of Topliss-reactive ketones (excluding diaryl/α,β-unsaturated/α-hetero) is 1. The summed E-state index contributed by atoms with van der Waals surface area (Å²) >= 11 is 6.04. The Morgan fingerprint density at radius 1 is 1.26 bits per heavy atom. The number of allylic oxidation sites excluding steroid dienone is 5. The van der Waals surface area contributed by atoms with Gasteiger partial charge in [0.1, 0.15) is 0 Å². The number of likely N-dealkylation sites (N-methyl/N-ethyl adjacent to an activating group) is 1. The van der Waals surface area contributed by atoms with E-state index in [2.05, 4.69) is 36.0 Å². The normalized spacial score (nSPS) is 12.8. The number of carbonyl (C=O) groups is 1. The zero-order chi connectivity index (χ0) is 20.0. The molecule has 0 bridgehead atoms. The predicted molar refractivity (Wildman–Crippen MR) is 117 cm³/mol. The number of aromatic nitrogens is 1. The molecule has 0 atom stereocenters. The van der Waals surface area contributed by atoms with E-state index < -0.39 is 0 Å². The third kappa shape index (κ3) is 4.79. The molecule has 0 amide bonds. The van der Waals surface area contributed by atoms with Crippen LogP contribution >= 0.6 is 11.6 Å². The Kier molecular flexibility index (Phi) is 7.64. The highest BCUT2D eigenvalue weighted by molar-refractivity contribution is 6.31. The fourth-order valence-electron chi connectivity index (χ4n) is 3.46. The molecule has 0 fully saturated rings. The number of hydrogen-bond acceptors (Lipinski definition) is 2. The van der Waals surface area contributed by atoms with Crippen molar-refractivity contribution in [3.05, 3.63) is 65.4 Å². The van der Waals surface area contributed by atoms with Gasteiger partial charge in [-0.05, 0) is 51.6 Å². The van der Waals surface area contributed by atoms with Crippen LogP contribution in [0.1, 0.15) is 43.2 Å². The zero-order valence-electron chi connectivity index (χ0n) is 16.8. The van der Waals surface area contributed by atoms with Crippen molar-refractivity contribution in [2.75, 3.05) is 19.6 Å². The first-order valence-corrected chi connectivity index (χ1v) is 9.84. The third-order valence-electron chi connectivity index (χ3n) is 4.78. The lowest BCUT2D eigenvalue weighted by Gasteiger charge is -2.18. The molecule has 0 aliphatic rings. The van der Waals surface area contributed by atoms with Gasteiger partial charge in [-0.15, -0.1) is 0 Å². The highest BCUT2D eigenvalue weighted by atomic mass is 35.5. The number of benzene rings is 1. The van der Waals surface area contributed by atoms with Gasteiger partial charge in [-0.2, -0.15) is 0 Å². The molecule has 0 spiro atoms. The van der Waals surface area contributed by atoms with E-state index in [-0.39, 0.29) is 5.78 Å². The molecule has 0 saturated carbocycles. The molecule has 0 saturated heterocycles. The van der Waals surface area contributed by atoms with E-state index in [1.54, 1.807) is 6.08 Å². The molecule has 0 N–H and O–H groups in total. The lowest BCUT2D eigenvalue weighted by molar-refractivity contribution is 0.0935. The summed E-state index contributed by atoms with van der Waals surface area (Å²) < 4.78 is 2.13. The van der Waals surface area contributed by atoms with Crippen LogP contribution in [0.4, 0.5) is 0 Å². The molecule has 0 aliphatic carbocycles. The van der Waals surface area contributed by atoms with Crippen molar-refractivity contribution < 1.29 is 4.79 Å². The Hall–Kier alpha value is -2.10. The Labute approximate surface area is 167 Å². The van der Waals surface area contributed by atoms with Gasteiger partial charge in [-0.1, -0.05) is 56.3 Å². The van der Waals surface area contributed by atoms with Gasteiger partial charge < -0.3 is 4.57 Å². The maximum atomic E-state index is 13.2. The number of rotatable bonds is 9. The molecule has 3 nitrogen and oxygen atoms in total. The summed E-state index contributed by atoms with van der Waals surface area (Å²) in [5.41, 5.74) is 3.81. The molecule has 0 radical (unpaired) electrons. The van der Waals surface area contributed by atoms with Gasteiger partial charge in [-0.3, -0.25) is 9.69 Å². The summed E-state index contributed by atoms with van der Waals surface area (Å²) in [6.07, 6.45) is 6.42. The second-order valence-electron chi connectivity index (χ2n) is 6.67. The van der Waals surface area contributed by atoms with Crippen LogP contribution in [0.15, 0.2) is 54.1 Å². The van der Waals surface area contributed by atoms with Crippen molar-refractivity contribution in [1.29, 1.82) is 0 Å². The Balaban J connectivity index is 2.55. The largest absolute Gasteiger partial charge is 0.317 e. The van der Waals surface area contributed by atoms with Crippen LogP contribution in [-0.2, 0) is 0 Å². The summed E-state index contributed by atoms with van der Waals surface area (Å²) in [7, 11) is 0. The van der Waals surface area contributed by atoms with E-state index in [1.807, 2.05) is 44.2 Å². The SMILES string of the molecule is C=C/C(Cl)=C\C=C(/C)n1c(C)c(C(=O)CN(CC)CCC)c2ccccc21. The maximum Gasteiger partial charge on any atom is 0.179 e. The quantitative estimate of drug-likeness (QED) is 0.389. The maximum absolute atomic E-state index is 13.2. The molecule has 0 aliphatic heterocycles. The number of carbonyl (C=O) groups excluding carboxylic acids is 1. The minimum Gasteiger partial charge on any atom is -0.317 e. The van der Waals surface area contributed by atoms with Crippen LogP contribution in [0, 0.1) is 6.92 Å². The van der Waals surface area contributed by atoms with Crippen LogP contribution in [0.5, 0.6) is 0 Å². The van der Waals surface area contributed by atoms with Gasteiger partial charge in [-0.25, -0.2) is 0 Å². The molecule has 144 valence electrons. The number of hydrogen-bond donors (Lipinski definition) is 0. The lowest BCUT2D eigenvalue weighted by Crippen LogP contribution is -2.30. The van der Waals surface area contributed by atoms with Crippen LogP contribution in [0.3, 0.4) is 0 Å². The summed E-state index contributed by atoms with van der Waals surface area (Å²) in [6, 6.07) is 8.07. The van der Waals surface area contributed by atoms with Crippen molar-refractivity contribution in [1.82, 2.24) is 9.47 Å². The molecule has 27 heavy (non-hydrogen) atoms. The van der Waals surface area contributed by atoms with Gasteiger partial charge in [0.05, 0.1) is 12.1 Å². The van der Waals surface area contributed by atoms with Crippen LogP contribution in [0.25, 0.3) is 16.6 Å². The van der Waals surface area contributed by atoms with E-state index in [9.17, 15) is 4.79 Å². The van der Waals surface area contributed by atoms with Gasteiger partial charge in [0.25, 0.3) is 0 Å². The van der Waals surface area contributed by atoms with Crippen molar-refractivity contribution in [2.24, 2.45) is 0 Å². The highest BCUT2D eigenvalue weighted by Gasteiger charge is 2.21. The van der Waals surface area contributed by atoms with Crippen LogP contribution in [-0.4, -0.2) is 34.9 Å². The third-order valence-corrected chi connectivity index (χ3v) is 5.06. The molecule has 0 unspecified atom stereocenters. The molecular formula is C23H29ClN2O. The van der Waals surface area contributed by atoms with Gasteiger partial charge in [0.2, 0.25) is 0 Å². The van der Waals surface area contributed by atoms with Crippen molar-refractivity contribution >= 4 is 34.0 Å². The number of nitrogens with zero attached hydrogens (tertiary/aromatic N) is 2. The van der Waals surface area contributed by atoms with E-state index in [1.165, 1.54) is 0 Å². The Morgan fingerprint density at radius 3 is 2.59 bits per heavy atom. The summed E-state index contributed by atoms with van der Waals surface area (Å²) in [6.45, 7) is 14.2. The average molecular weight is 385 g/mol. The van der Waals surface area contributed by atoms with E-state index in [4.69, 9.17) is 11.6 Å². The van der Waals surface area contributed by atoms with Crippen molar-refractivity contribution in [3.8, 4) is 0 Å². The molecule has 1 aromatic carbocycles. The summed E-state index contributed by atoms with van der Waals surface area (Å²) in [5.74, 6) is 0.171. The minimum atomic E-state index is 0.171. The van der Waals surface area contributed by atoms with Gasteiger partial charge in [0, 0.05) is 27.4 Å².